The number of aryl methyl sites for hydroxylation is 1. The average molecular weight is 478 g/mol. The number of Topliss-reactive ketones (excluding diaryl/α,β-unsaturated/α-hetero) is 1. The molecule has 7 heteroatoms. The number of hydrogen-bond acceptors (Lipinski definition) is 7. The number of hydrogen-bond donors (Lipinski definition) is 0. The zero-order chi connectivity index (χ0) is 24.4. The molecule has 3 rings (SSSR count). The van der Waals surface area contributed by atoms with Crippen molar-refractivity contribution in [2.45, 2.75) is 97.9 Å². The number of cyclic esters (lactones) is 1. The number of carbonyl (C=O) groups excluding carboxylic acids is 2. The van der Waals surface area contributed by atoms with Gasteiger partial charge in [0, 0.05) is 30.2 Å². The van der Waals surface area contributed by atoms with E-state index < -0.39 is 16.6 Å². The molecule has 0 aromatic carbocycles. The number of fused-ring (bicyclic) bond motifs is 1. The van der Waals surface area contributed by atoms with Gasteiger partial charge in [0.25, 0.3) is 0 Å². The van der Waals surface area contributed by atoms with Crippen LogP contribution in [-0.4, -0.2) is 47.3 Å². The Kier molecular flexibility index (Phi) is 7.86. The first-order valence-electron chi connectivity index (χ1n) is 12.0. The SMILES string of the molecule is CC(=Cc1csc(C)n1)C1(C)OC(=O)C(C)CCC(=O)CCCCOCC2OC2(C)C1(C)C. The highest BCUT2D eigenvalue weighted by atomic mass is 32.1. The first kappa shape index (κ1) is 26.0. The normalized spacial score (nSPS) is 34.5. The molecule has 2 fully saturated rings. The third kappa shape index (κ3) is 5.41. The number of esters is 1. The Hall–Kier alpha value is -1.57. The molecule has 184 valence electrons. The first-order valence-corrected chi connectivity index (χ1v) is 12.9. The summed E-state index contributed by atoms with van der Waals surface area (Å²) in [6.07, 6.45) is 5.01. The zero-order valence-electron chi connectivity index (χ0n) is 21.2. The highest BCUT2D eigenvalue weighted by Gasteiger charge is 2.69. The van der Waals surface area contributed by atoms with Crippen LogP contribution in [0.1, 0.15) is 84.3 Å². The van der Waals surface area contributed by atoms with Crippen molar-refractivity contribution < 1.29 is 23.8 Å². The van der Waals surface area contributed by atoms with Crippen LogP contribution < -0.4 is 0 Å². The number of epoxide rings is 1. The molecular formula is C26H39NO5S. The van der Waals surface area contributed by atoms with Gasteiger partial charge in [-0.1, -0.05) is 20.8 Å². The molecule has 4 unspecified atom stereocenters. The molecule has 0 spiro atoms. The predicted molar refractivity (Wildman–Crippen MR) is 130 cm³/mol. The molecule has 0 aliphatic carbocycles. The van der Waals surface area contributed by atoms with Gasteiger partial charge in [0.2, 0.25) is 0 Å². The lowest BCUT2D eigenvalue weighted by Crippen LogP contribution is -2.55. The first-order chi connectivity index (χ1) is 15.4. The highest BCUT2D eigenvalue weighted by Crippen LogP contribution is 2.58. The van der Waals surface area contributed by atoms with Crippen LogP contribution in [-0.2, 0) is 23.8 Å². The Morgan fingerprint density at radius 2 is 1.91 bits per heavy atom. The molecule has 0 radical (unpaired) electrons. The maximum Gasteiger partial charge on any atom is 0.309 e. The van der Waals surface area contributed by atoms with Crippen molar-refractivity contribution in [1.82, 2.24) is 4.98 Å². The van der Waals surface area contributed by atoms with Gasteiger partial charge >= 0.3 is 5.97 Å². The summed E-state index contributed by atoms with van der Waals surface area (Å²) >= 11 is 1.59. The van der Waals surface area contributed by atoms with Gasteiger partial charge in [-0.25, -0.2) is 4.98 Å². The summed E-state index contributed by atoms with van der Waals surface area (Å²) < 4.78 is 18.4. The number of aromatic nitrogens is 1. The molecule has 0 N–H and O–H groups in total. The van der Waals surface area contributed by atoms with Gasteiger partial charge in [-0.3, -0.25) is 9.59 Å². The fourth-order valence-corrected chi connectivity index (χ4v) is 5.19. The molecule has 1 aromatic rings. The smallest absolute Gasteiger partial charge is 0.309 e. The van der Waals surface area contributed by atoms with Crippen molar-refractivity contribution >= 4 is 29.2 Å². The van der Waals surface area contributed by atoms with Crippen LogP contribution in [0.2, 0.25) is 0 Å². The molecule has 2 aliphatic rings. The second-order valence-electron chi connectivity index (χ2n) is 10.4. The molecule has 0 bridgehead atoms. The number of rotatable bonds is 2. The summed E-state index contributed by atoms with van der Waals surface area (Å²) in [6, 6.07) is 0. The second-order valence-corrected chi connectivity index (χ2v) is 11.5. The van der Waals surface area contributed by atoms with Gasteiger partial charge < -0.3 is 14.2 Å². The molecule has 0 amide bonds. The van der Waals surface area contributed by atoms with Crippen molar-refractivity contribution in [3.05, 3.63) is 21.7 Å². The van der Waals surface area contributed by atoms with E-state index in [-0.39, 0.29) is 23.8 Å². The van der Waals surface area contributed by atoms with Crippen molar-refractivity contribution in [3.63, 3.8) is 0 Å². The van der Waals surface area contributed by atoms with E-state index in [4.69, 9.17) is 14.2 Å². The summed E-state index contributed by atoms with van der Waals surface area (Å²) in [7, 11) is 0. The standard InChI is InChI=1S/C26H39NO5S/c1-17-11-12-21(28)10-8-9-13-30-15-22-26(7,31-22)24(4,5)25(6,32-23(17)29)18(2)14-20-16-33-19(3)27-20/h14,16-17,22H,8-13,15H2,1-7H3. The summed E-state index contributed by atoms with van der Waals surface area (Å²) in [5, 5.41) is 2.99. The van der Waals surface area contributed by atoms with E-state index in [2.05, 4.69) is 25.8 Å². The van der Waals surface area contributed by atoms with Gasteiger partial charge in [0.05, 0.1) is 23.2 Å². The molecule has 3 heterocycles. The minimum Gasteiger partial charge on any atom is -0.454 e. The van der Waals surface area contributed by atoms with E-state index in [0.29, 0.717) is 32.5 Å². The third-order valence-corrected chi connectivity index (χ3v) is 8.75. The Bertz CT molecular complexity index is 906. The van der Waals surface area contributed by atoms with Gasteiger partial charge in [-0.05, 0) is 58.6 Å². The fourth-order valence-electron chi connectivity index (χ4n) is 4.62. The molecular weight excluding hydrogens is 438 g/mol. The van der Waals surface area contributed by atoms with E-state index in [1.807, 2.05) is 39.2 Å². The van der Waals surface area contributed by atoms with Crippen LogP contribution in [0.15, 0.2) is 11.0 Å². The summed E-state index contributed by atoms with van der Waals surface area (Å²) in [5.41, 5.74) is -0.240. The average Bonchev–Trinajstić information content (AvgIpc) is 3.25. The number of carbonyl (C=O) groups is 2. The Morgan fingerprint density at radius 1 is 1.18 bits per heavy atom. The summed E-state index contributed by atoms with van der Waals surface area (Å²) in [6.45, 7) is 15.2. The minimum atomic E-state index is -0.944. The lowest BCUT2D eigenvalue weighted by atomic mass is 9.63. The van der Waals surface area contributed by atoms with Crippen LogP contribution in [0.25, 0.3) is 6.08 Å². The quantitative estimate of drug-likeness (QED) is 0.412. The Morgan fingerprint density at radius 3 is 2.58 bits per heavy atom. The molecule has 33 heavy (non-hydrogen) atoms. The van der Waals surface area contributed by atoms with E-state index in [0.717, 1.165) is 29.1 Å². The van der Waals surface area contributed by atoms with Gasteiger partial charge in [0.15, 0.2) is 0 Å². The predicted octanol–water partition coefficient (Wildman–Crippen LogP) is 5.53. The van der Waals surface area contributed by atoms with Crippen molar-refractivity contribution in [1.29, 1.82) is 0 Å². The molecule has 0 saturated carbocycles. The van der Waals surface area contributed by atoms with Crippen LogP contribution >= 0.6 is 11.3 Å². The summed E-state index contributed by atoms with van der Waals surface area (Å²) in [4.78, 5) is 30.1. The van der Waals surface area contributed by atoms with E-state index >= 15 is 0 Å². The van der Waals surface area contributed by atoms with Crippen LogP contribution in [0.5, 0.6) is 0 Å². The maximum absolute atomic E-state index is 13.3. The van der Waals surface area contributed by atoms with E-state index in [9.17, 15) is 9.59 Å². The van der Waals surface area contributed by atoms with Crippen molar-refractivity contribution in [2.24, 2.45) is 11.3 Å². The largest absolute Gasteiger partial charge is 0.454 e. The second kappa shape index (κ2) is 9.96. The Labute approximate surface area is 202 Å². The molecule has 2 aliphatic heterocycles. The third-order valence-electron chi connectivity index (χ3n) is 7.96. The molecule has 4 atom stereocenters. The highest BCUT2D eigenvalue weighted by molar-refractivity contribution is 7.09. The maximum atomic E-state index is 13.3. The van der Waals surface area contributed by atoms with Crippen LogP contribution in [0.4, 0.5) is 0 Å². The minimum absolute atomic E-state index is 0.0770. The lowest BCUT2D eigenvalue weighted by Gasteiger charge is -2.47. The van der Waals surface area contributed by atoms with Gasteiger partial charge in [0.1, 0.15) is 23.1 Å². The van der Waals surface area contributed by atoms with E-state index in [1.165, 1.54) is 0 Å². The summed E-state index contributed by atoms with van der Waals surface area (Å²) in [5.74, 6) is -0.457. The van der Waals surface area contributed by atoms with E-state index in [1.54, 1.807) is 11.3 Å². The molecule has 1 aromatic heterocycles. The monoisotopic (exact) mass is 477 g/mol. The van der Waals surface area contributed by atoms with Crippen LogP contribution in [0, 0.1) is 18.3 Å². The fraction of sp³-hybridized carbons (Fsp3) is 0.731. The van der Waals surface area contributed by atoms with Crippen LogP contribution in [0.3, 0.4) is 0 Å². The van der Waals surface area contributed by atoms with Crippen molar-refractivity contribution in [2.75, 3.05) is 13.2 Å². The number of ketones is 1. The van der Waals surface area contributed by atoms with Gasteiger partial charge in [-0.2, -0.15) is 0 Å². The van der Waals surface area contributed by atoms with Crippen molar-refractivity contribution in [3.8, 4) is 0 Å². The zero-order valence-corrected chi connectivity index (χ0v) is 22.0. The molecule has 2 saturated heterocycles. The number of thiazole rings is 1. The molecule has 6 nitrogen and oxygen atoms in total. The number of nitrogens with zero attached hydrogens (tertiary/aromatic N) is 1. The lowest BCUT2D eigenvalue weighted by molar-refractivity contribution is -0.174. The topological polar surface area (TPSA) is 78.0 Å². The van der Waals surface area contributed by atoms with Gasteiger partial charge in [-0.15, -0.1) is 11.3 Å². The number of ether oxygens (including phenoxy) is 3. The Balaban J connectivity index is 1.96.